The van der Waals surface area contributed by atoms with Gasteiger partial charge in [-0.2, -0.15) is 0 Å². The molecule has 1 aromatic heterocycles. The Kier molecular flexibility index (Phi) is 8.29. The minimum absolute atomic E-state index is 0.00626. The molecule has 0 bridgehead atoms. The van der Waals surface area contributed by atoms with Crippen LogP contribution >= 0.6 is 0 Å². The topological polar surface area (TPSA) is 36.4 Å². The summed E-state index contributed by atoms with van der Waals surface area (Å²) in [6.45, 7) is 10.2. The number of piperidine rings is 1. The first-order valence-electron chi connectivity index (χ1n) is 12.7. The summed E-state index contributed by atoms with van der Waals surface area (Å²) in [5.41, 5.74) is 4.64. The molecule has 1 amide bonds. The molecule has 0 atom stereocenters. The molecule has 0 N–H and O–H groups in total. The van der Waals surface area contributed by atoms with Gasteiger partial charge in [0.1, 0.15) is 11.5 Å². The molecular formula is C30H36FN3O. The highest BCUT2D eigenvalue weighted by molar-refractivity contribution is 5.92. The summed E-state index contributed by atoms with van der Waals surface area (Å²) in [7, 11) is 0. The highest BCUT2D eigenvalue weighted by atomic mass is 19.1. The van der Waals surface area contributed by atoms with Crippen molar-refractivity contribution in [3.05, 3.63) is 89.5 Å². The van der Waals surface area contributed by atoms with Crippen LogP contribution in [0.4, 0.5) is 4.39 Å². The average Bonchev–Trinajstić information content (AvgIpc) is 2.87. The van der Waals surface area contributed by atoms with E-state index in [0.717, 1.165) is 54.7 Å². The SMILES string of the molecule is Cc1ccc(C(=O)N(Cc2ccc(-c3ccc(F)cc3)cc2)C2CCN(CCC(C)C)CC2)nc1. The zero-order valence-electron chi connectivity index (χ0n) is 21.1. The fourth-order valence-electron chi connectivity index (χ4n) is 4.65. The Hall–Kier alpha value is -3.05. The normalized spacial score (nSPS) is 14.9. The van der Waals surface area contributed by atoms with E-state index in [1.165, 1.54) is 18.6 Å². The third-order valence-electron chi connectivity index (χ3n) is 6.90. The van der Waals surface area contributed by atoms with Gasteiger partial charge in [-0.25, -0.2) is 4.39 Å². The molecule has 2 aromatic carbocycles. The smallest absolute Gasteiger partial charge is 0.272 e. The molecule has 1 saturated heterocycles. The Bertz CT molecular complexity index is 1090. The molecule has 184 valence electrons. The number of aryl methyl sites for hydroxylation is 1. The number of hydrogen-bond donors (Lipinski definition) is 0. The van der Waals surface area contributed by atoms with E-state index in [1.807, 2.05) is 36.1 Å². The molecule has 2 heterocycles. The van der Waals surface area contributed by atoms with Crippen LogP contribution in [-0.2, 0) is 6.54 Å². The van der Waals surface area contributed by atoms with Crippen LogP contribution in [0.1, 0.15) is 54.7 Å². The molecule has 0 aliphatic carbocycles. The van der Waals surface area contributed by atoms with E-state index in [-0.39, 0.29) is 17.8 Å². The third kappa shape index (κ3) is 6.76. The number of carbonyl (C=O) groups excluding carboxylic acids is 1. The van der Waals surface area contributed by atoms with Crippen molar-refractivity contribution < 1.29 is 9.18 Å². The molecular weight excluding hydrogens is 437 g/mol. The molecule has 0 spiro atoms. The van der Waals surface area contributed by atoms with Crippen molar-refractivity contribution >= 4 is 5.91 Å². The van der Waals surface area contributed by atoms with Gasteiger partial charge in [0.25, 0.3) is 5.91 Å². The molecule has 0 saturated carbocycles. The van der Waals surface area contributed by atoms with Gasteiger partial charge in [-0.15, -0.1) is 0 Å². The lowest BCUT2D eigenvalue weighted by Gasteiger charge is -2.38. The minimum Gasteiger partial charge on any atom is -0.330 e. The first-order valence-corrected chi connectivity index (χ1v) is 12.7. The molecule has 0 radical (unpaired) electrons. The summed E-state index contributed by atoms with van der Waals surface area (Å²) >= 11 is 0. The molecule has 35 heavy (non-hydrogen) atoms. The van der Waals surface area contributed by atoms with Gasteiger partial charge < -0.3 is 9.80 Å². The van der Waals surface area contributed by atoms with Crippen molar-refractivity contribution in [2.75, 3.05) is 19.6 Å². The summed E-state index contributed by atoms with van der Waals surface area (Å²) in [6.07, 6.45) is 4.92. The average molecular weight is 474 g/mol. The van der Waals surface area contributed by atoms with E-state index in [2.05, 4.69) is 35.9 Å². The number of aromatic nitrogens is 1. The van der Waals surface area contributed by atoms with Gasteiger partial charge in [0.05, 0.1) is 0 Å². The first-order chi connectivity index (χ1) is 16.9. The maximum atomic E-state index is 13.6. The minimum atomic E-state index is -0.237. The van der Waals surface area contributed by atoms with Gasteiger partial charge in [-0.1, -0.05) is 56.3 Å². The van der Waals surface area contributed by atoms with Gasteiger partial charge in [-0.3, -0.25) is 9.78 Å². The molecule has 0 unspecified atom stereocenters. The second kappa shape index (κ2) is 11.6. The predicted molar refractivity (Wildman–Crippen MR) is 140 cm³/mol. The molecule has 3 aromatic rings. The Morgan fingerprint density at radius 1 is 1.00 bits per heavy atom. The Morgan fingerprint density at radius 3 is 2.20 bits per heavy atom. The number of carbonyl (C=O) groups is 1. The predicted octanol–water partition coefficient (Wildman–Crippen LogP) is 6.35. The van der Waals surface area contributed by atoms with Crippen LogP contribution in [0.3, 0.4) is 0 Å². The zero-order chi connectivity index (χ0) is 24.8. The van der Waals surface area contributed by atoms with E-state index in [1.54, 1.807) is 18.3 Å². The van der Waals surface area contributed by atoms with E-state index < -0.39 is 0 Å². The van der Waals surface area contributed by atoms with E-state index >= 15 is 0 Å². The largest absolute Gasteiger partial charge is 0.330 e. The Balaban J connectivity index is 1.50. The standard InChI is InChI=1S/C30H36FN3O/c1-22(2)14-17-33-18-15-28(16-19-33)34(30(35)29-13-4-23(3)20-32-29)21-24-5-7-25(8-6-24)26-9-11-27(31)12-10-26/h4-13,20,22,28H,14-19,21H2,1-3H3. The summed E-state index contributed by atoms with van der Waals surface area (Å²) in [6, 6.07) is 18.7. The van der Waals surface area contributed by atoms with Crippen molar-refractivity contribution in [1.82, 2.24) is 14.8 Å². The van der Waals surface area contributed by atoms with Crippen molar-refractivity contribution in [3.63, 3.8) is 0 Å². The van der Waals surface area contributed by atoms with E-state index in [4.69, 9.17) is 0 Å². The van der Waals surface area contributed by atoms with Gasteiger partial charge >= 0.3 is 0 Å². The summed E-state index contributed by atoms with van der Waals surface area (Å²) in [4.78, 5) is 22.6. The lowest BCUT2D eigenvalue weighted by Crippen LogP contribution is -2.47. The quantitative estimate of drug-likeness (QED) is 0.383. The van der Waals surface area contributed by atoms with Crippen molar-refractivity contribution in [3.8, 4) is 11.1 Å². The Morgan fingerprint density at radius 2 is 1.63 bits per heavy atom. The maximum absolute atomic E-state index is 13.6. The van der Waals surface area contributed by atoms with Crippen LogP contribution in [0, 0.1) is 18.7 Å². The number of halogens is 1. The highest BCUT2D eigenvalue weighted by Crippen LogP contribution is 2.24. The number of benzene rings is 2. The lowest BCUT2D eigenvalue weighted by atomic mass is 9.99. The van der Waals surface area contributed by atoms with Crippen LogP contribution < -0.4 is 0 Å². The van der Waals surface area contributed by atoms with Crippen LogP contribution in [0.2, 0.25) is 0 Å². The molecule has 5 heteroatoms. The Labute approximate surface area is 208 Å². The number of nitrogens with zero attached hydrogens (tertiary/aromatic N) is 3. The van der Waals surface area contributed by atoms with Crippen molar-refractivity contribution in [2.45, 2.75) is 52.6 Å². The molecule has 1 aliphatic rings. The van der Waals surface area contributed by atoms with Crippen LogP contribution in [0.5, 0.6) is 0 Å². The maximum Gasteiger partial charge on any atom is 0.272 e. The second-order valence-electron chi connectivity index (χ2n) is 10.1. The van der Waals surface area contributed by atoms with E-state index in [9.17, 15) is 9.18 Å². The second-order valence-corrected chi connectivity index (χ2v) is 10.1. The zero-order valence-corrected chi connectivity index (χ0v) is 21.1. The van der Waals surface area contributed by atoms with Crippen molar-refractivity contribution in [2.24, 2.45) is 5.92 Å². The van der Waals surface area contributed by atoms with Crippen LogP contribution in [0.25, 0.3) is 11.1 Å². The molecule has 1 fully saturated rings. The van der Waals surface area contributed by atoms with Gasteiger partial charge in [0, 0.05) is 31.9 Å². The monoisotopic (exact) mass is 473 g/mol. The van der Waals surface area contributed by atoms with Gasteiger partial charge in [0.2, 0.25) is 0 Å². The van der Waals surface area contributed by atoms with Crippen molar-refractivity contribution in [1.29, 1.82) is 0 Å². The summed E-state index contributed by atoms with van der Waals surface area (Å²) in [5.74, 6) is 0.462. The fraction of sp³-hybridized carbons (Fsp3) is 0.400. The van der Waals surface area contributed by atoms with Gasteiger partial charge in [-0.05, 0) is 79.1 Å². The fourth-order valence-corrected chi connectivity index (χ4v) is 4.65. The number of amides is 1. The third-order valence-corrected chi connectivity index (χ3v) is 6.90. The molecule has 4 rings (SSSR count). The lowest BCUT2D eigenvalue weighted by molar-refractivity contribution is 0.0540. The summed E-state index contributed by atoms with van der Waals surface area (Å²) in [5, 5.41) is 0. The number of hydrogen-bond acceptors (Lipinski definition) is 3. The molecule has 1 aliphatic heterocycles. The number of pyridine rings is 1. The first kappa shape index (κ1) is 25.1. The number of rotatable bonds is 8. The van der Waals surface area contributed by atoms with Crippen LogP contribution in [-0.4, -0.2) is 46.4 Å². The molecule has 4 nitrogen and oxygen atoms in total. The van der Waals surface area contributed by atoms with Gasteiger partial charge in [0.15, 0.2) is 0 Å². The highest BCUT2D eigenvalue weighted by Gasteiger charge is 2.29. The van der Waals surface area contributed by atoms with Crippen LogP contribution in [0.15, 0.2) is 66.9 Å². The summed E-state index contributed by atoms with van der Waals surface area (Å²) < 4.78 is 13.3. The van der Waals surface area contributed by atoms with E-state index in [0.29, 0.717) is 18.2 Å². The number of likely N-dealkylation sites (tertiary alicyclic amines) is 1.